The van der Waals surface area contributed by atoms with Crippen molar-refractivity contribution in [2.24, 2.45) is 0 Å². The Balaban J connectivity index is 2.69. The van der Waals surface area contributed by atoms with E-state index >= 15 is 0 Å². The molecule has 1 rings (SSSR count). The summed E-state index contributed by atoms with van der Waals surface area (Å²) in [6.45, 7) is 0.862. The fourth-order valence-electron chi connectivity index (χ4n) is 1.63. The van der Waals surface area contributed by atoms with Gasteiger partial charge in [-0.15, -0.1) is 0 Å². The topological polar surface area (TPSA) is 107 Å². The highest BCUT2D eigenvalue weighted by atomic mass is 16.5. The largest absolute Gasteiger partial charge is 0.394 e. The Labute approximate surface area is 87.1 Å². The highest BCUT2D eigenvalue weighted by Crippen LogP contribution is 2.23. The number of ketones is 1. The Bertz CT molecular complexity index is 229. The summed E-state index contributed by atoms with van der Waals surface area (Å²) in [4.78, 5) is 10.8. The molecule has 0 aromatic carbocycles. The molecule has 0 spiro atoms. The van der Waals surface area contributed by atoms with Gasteiger partial charge in [0.1, 0.15) is 30.2 Å². The Kier molecular flexibility index (Phi) is 4.18. The summed E-state index contributed by atoms with van der Waals surface area (Å²) < 4.78 is 5.11. The zero-order valence-electron chi connectivity index (χ0n) is 8.41. The van der Waals surface area contributed by atoms with Gasteiger partial charge in [0, 0.05) is 6.42 Å². The number of hydrogen-bond acceptors (Lipinski definition) is 6. The van der Waals surface area contributed by atoms with Crippen LogP contribution in [-0.4, -0.2) is 63.3 Å². The van der Waals surface area contributed by atoms with E-state index in [4.69, 9.17) is 9.84 Å². The summed E-state index contributed by atoms with van der Waals surface area (Å²) in [5.41, 5.74) is 0. The van der Waals surface area contributed by atoms with Crippen LogP contribution in [-0.2, 0) is 9.53 Å². The predicted molar refractivity (Wildman–Crippen MR) is 49.1 cm³/mol. The van der Waals surface area contributed by atoms with Crippen LogP contribution in [0.25, 0.3) is 0 Å². The Hall–Kier alpha value is -0.530. The second-order valence-electron chi connectivity index (χ2n) is 3.77. The van der Waals surface area contributed by atoms with Crippen molar-refractivity contribution in [3.63, 3.8) is 0 Å². The molecule has 6 heteroatoms. The highest BCUT2D eigenvalue weighted by molar-refractivity contribution is 5.76. The van der Waals surface area contributed by atoms with E-state index in [0.29, 0.717) is 0 Å². The van der Waals surface area contributed by atoms with Crippen molar-refractivity contribution in [3.8, 4) is 0 Å². The van der Waals surface area contributed by atoms with Crippen molar-refractivity contribution in [2.75, 3.05) is 6.61 Å². The molecule has 0 aromatic heterocycles. The van der Waals surface area contributed by atoms with Crippen LogP contribution in [0.5, 0.6) is 0 Å². The Morgan fingerprint density at radius 3 is 2.13 bits per heavy atom. The smallest absolute Gasteiger partial charge is 0.132 e. The van der Waals surface area contributed by atoms with Gasteiger partial charge in [-0.1, -0.05) is 0 Å². The first-order chi connectivity index (χ1) is 6.97. The molecule has 6 nitrogen and oxygen atoms in total. The molecular formula is C9H16O6. The second kappa shape index (κ2) is 5.00. The van der Waals surface area contributed by atoms with Gasteiger partial charge in [0.05, 0.1) is 12.7 Å². The van der Waals surface area contributed by atoms with E-state index in [1.54, 1.807) is 0 Å². The molecule has 3 unspecified atom stereocenters. The summed E-state index contributed by atoms with van der Waals surface area (Å²) in [5.74, 6) is -0.195. The quantitative estimate of drug-likeness (QED) is 0.430. The maximum Gasteiger partial charge on any atom is 0.132 e. The number of hydrogen-bond donors (Lipinski definition) is 4. The van der Waals surface area contributed by atoms with E-state index in [2.05, 4.69) is 0 Å². The third-order valence-corrected chi connectivity index (χ3v) is 2.48. The highest BCUT2D eigenvalue weighted by Gasteiger charge is 2.43. The fourth-order valence-corrected chi connectivity index (χ4v) is 1.63. The molecule has 1 aliphatic heterocycles. The molecule has 88 valence electrons. The van der Waals surface area contributed by atoms with Gasteiger partial charge in [0.2, 0.25) is 0 Å². The van der Waals surface area contributed by atoms with Crippen LogP contribution in [0.2, 0.25) is 0 Å². The predicted octanol–water partition coefficient (Wildman–Crippen LogP) is -2.19. The number of aliphatic hydroxyl groups excluding tert-OH is 4. The molecular weight excluding hydrogens is 204 g/mol. The summed E-state index contributed by atoms with van der Waals surface area (Å²) in [5, 5.41) is 37.2. The lowest BCUT2D eigenvalue weighted by molar-refractivity contribution is -0.229. The summed E-state index contributed by atoms with van der Waals surface area (Å²) in [6.07, 6.45) is -5.95. The molecule has 1 fully saturated rings. The minimum atomic E-state index is -1.40. The molecule has 0 amide bonds. The Morgan fingerprint density at radius 1 is 1.13 bits per heavy atom. The van der Waals surface area contributed by atoms with E-state index in [1.165, 1.54) is 6.92 Å². The first-order valence-corrected chi connectivity index (χ1v) is 4.77. The number of rotatable bonds is 3. The lowest BCUT2D eigenvalue weighted by Crippen LogP contribution is -2.58. The third-order valence-electron chi connectivity index (χ3n) is 2.48. The van der Waals surface area contributed by atoms with Gasteiger partial charge in [-0.3, -0.25) is 4.79 Å². The maximum absolute atomic E-state index is 10.8. The third kappa shape index (κ3) is 2.73. The van der Waals surface area contributed by atoms with Crippen LogP contribution in [0, 0.1) is 0 Å². The molecule has 1 heterocycles. The molecule has 0 aromatic rings. The normalized spacial score (nSPS) is 41.5. The lowest BCUT2D eigenvalue weighted by atomic mass is 9.93. The minimum absolute atomic E-state index is 0.0541. The van der Waals surface area contributed by atoms with Crippen molar-refractivity contribution in [1.82, 2.24) is 0 Å². The number of ether oxygens (including phenoxy) is 1. The van der Waals surface area contributed by atoms with Crippen LogP contribution in [0.3, 0.4) is 0 Å². The van der Waals surface area contributed by atoms with E-state index in [0.717, 1.165) is 0 Å². The van der Waals surface area contributed by atoms with Gasteiger partial charge in [-0.25, -0.2) is 0 Å². The Morgan fingerprint density at radius 2 is 1.67 bits per heavy atom. The van der Waals surface area contributed by atoms with Crippen molar-refractivity contribution < 1.29 is 30.0 Å². The molecule has 5 atom stereocenters. The average Bonchev–Trinajstić information content (AvgIpc) is 2.18. The van der Waals surface area contributed by atoms with Crippen LogP contribution in [0.4, 0.5) is 0 Å². The molecule has 15 heavy (non-hydrogen) atoms. The van der Waals surface area contributed by atoms with Gasteiger partial charge >= 0.3 is 0 Å². The van der Waals surface area contributed by atoms with Crippen LogP contribution < -0.4 is 0 Å². The van der Waals surface area contributed by atoms with Gasteiger partial charge in [0.15, 0.2) is 0 Å². The summed E-state index contributed by atoms with van der Waals surface area (Å²) in [7, 11) is 0. The fraction of sp³-hybridized carbons (Fsp3) is 0.889. The molecule has 0 radical (unpaired) electrons. The van der Waals surface area contributed by atoms with Crippen LogP contribution >= 0.6 is 0 Å². The first-order valence-electron chi connectivity index (χ1n) is 4.77. The number of carbonyl (C=O) groups is 1. The molecule has 0 bridgehead atoms. The second-order valence-corrected chi connectivity index (χ2v) is 3.77. The van der Waals surface area contributed by atoms with Crippen LogP contribution in [0.15, 0.2) is 0 Å². The van der Waals surface area contributed by atoms with E-state index in [1.807, 2.05) is 0 Å². The number of carbonyl (C=O) groups excluding carboxylic acids is 1. The standard InChI is InChI=1S/C9H16O6/c1-4(11)2-5-7(12)9(14)8(13)6(3-10)15-5/h5-10,12-14H,2-3H2,1H3/t5?,6?,7-,8-,9?/m1/s1. The van der Waals surface area contributed by atoms with E-state index in [9.17, 15) is 20.1 Å². The lowest BCUT2D eigenvalue weighted by Gasteiger charge is -2.39. The van der Waals surface area contributed by atoms with Gasteiger partial charge in [0.25, 0.3) is 0 Å². The van der Waals surface area contributed by atoms with Crippen molar-refractivity contribution in [3.05, 3.63) is 0 Å². The van der Waals surface area contributed by atoms with Crippen molar-refractivity contribution in [2.45, 2.75) is 43.9 Å². The number of aliphatic hydroxyl groups is 4. The van der Waals surface area contributed by atoms with Gasteiger partial charge in [-0.2, -0.15) is 0 Å². The monoisotopic (exact) mass is 220 g/mol. The summed E-state index contributed by atoms with van der Waals surface area (Å²) in [6, 6.07) is 0. The molecule has 4 N–H and O–H groups in total. The van der Waals surface area contributed by atoms with Gasteiger partial charge < -0.3 is 25.2 Å². The molecule has 0 aliphatic carbocycles. The SMILES string of the molecule is CC(=O)CC1OC(CO)[C@@H](O)C(O)[C@@H]1O. The maximum atomic E-state index is 10.8. The van der Waals surface area contributed by atoms with Crippen LogP contribution in [0.1, 0.15) is 13.3 Å². The molecule has 1 saturated heterocycles. The van der Waals surface area contributed by atoms with E-state index < -0.39 is 37.1 Å². The summed E-state index contributed by atoms with van der Waals surface area (Å²) >= 11 is 0. The minimum Gasteiger partial charge on any atom is -0.394 e. The first kappa shape index (κ1) is 12.5. The van der Waals surface area contributed by atoms with Crippen molar-refractivity contribution >= 4 is 5.78 Å². The van der Waals surface area contributed by atoms with Gasteiger partial charge in [-0.05, 0) is 6.92 Å². The van der Waals surface area contributed by atoms with Crippen molar-refractivity contribution in [1.29, 1.82) is 0 Å². The number of Topliss-reactive ketones (excluding diaryl/α,β-unsaturated/α-hetero) is 1. The zero-order valence-corrected chi connectivity index (χ0v) is 8.41. The average molecular weight is 220 g/mol. The zero-order chi connectivity index (χ0) is 11.6. The molecule has 0 saturated carbocycles. The molecule has 1 aliphatic rings. The van der Waals surface area contributed by atoms with E-state index in [-0.39, 0.29) is 12.2 Å².